The van der Waals surface area contributed by atoms with E-state index in [1.54, 1.807) is 0 Å². The van der Waals surface area contributed by atoms with Crippen LogP contribution in [0.2, 0.25) is 0 Å². The molecule has 84 valence electrons. The van der Waals surface area contributed by atoms with Gasteiger partial charge in [-0.25, -0.2) is 4.39 Å². The molecule has 1 rings (SSSR count). The van der Waals surface area contributed by atoms with Crippen molar-refractivity contribution in [2.75, 3.05) is 5.33 Å². The predicted octanol–water partition coefficient (Wildman–Crippen LogP) is 2.12. The molecule has 0 radical (unpaired) electrons. The van der Waals surface area contributed by atoms with Crippen molar-refractivity contribution < 1.29 is 18.9 Å². The second-order valence-electron chi connectivity index (χ2n) is 2.82. The number of aldehydes is 1. The molecular weight excluding hydrogens is 285 g/mol. The zero-order valence-corrected chi connectivity index (χ0v) is 9.36. The van der Waals surface area contributed by atoms with Gasteiger partial charge in [0.25, 0.3) is 5.69 Å². The minimum Gasteiger partial charge on any atom is -0.298 e. The third-order valence-corrected chi connectivity index (χ3v) is 2.37. The van der Waals surface area contributed by atoms with Gasteiger partial charge in [-0.05, 0) is 6.07 Å². The highest BCUT2D eigenvalue weighted by molar-refractivity contribution is 9.09. The zero-order chi connectivity index (χ0) is 12.3. The monoisotopic (exact) mass is 289 g/mol. The molecule has 0 atom stereocenters. The van der Waals surface area contributed by atoms with Crippen LogP contribution in [0.25, 0.3) is 0 Å². The topological polar surface area (TPSA) is 77.3 Å². The van der Waals surface area contributed by atoms with Crippen LogP contribution in [-0.4, -0.2) is 22.3 Å². The van der Waals surface area contributed by atoms with Crippen molar-refractivity contribution in [3.63, 3.8) is 0 Å². The Morgan fingerprint density at radius 2 is 2.19 bits per heavy atom. The third kappa shape index (κ3) is 2.30. The van der Waals surface area contributed by atoms with Gasteiger partial charge in [0.2, 0.25) is 0 Å². The summed E-state index contributed by atoms with van der Waals surface area (Å²) in [7, 11) is 0. The standard InChI is InChI=1S/C9H5BrFNO4/c10-3-9(14)6-2-7(11)5(4-13)1-8(6)12(15)16/h1-2,4H,3H2. The minimum absolute atomic E-state index is 0.157. The Kier molecular flexibility index (Phi) is 3.83. The molecule has 0 heterocycles. The molecule has 0 unspecified atom stereocenters. The van der Waals surface area contributed by atoms with E-state index in [1.807, 2.05) is 0 Å². The van der Waals surface area contributed by atoms with Gasteiger partial charge in [0.15, 0.2) is 12.1 Å². The summed E-state index contributed by atoms with van der Waals surface area (Å²) in [6.45, 7) is 0. The van der Waals surface area contributed by atoms with Gasteiger partial charge >= 0.3 is 0 Å². The normalized spacial score (nSPS) is 9.88. The van der Waals surface area contributed by atoms with Crippen LogP contribution in [-0.2, 0) is 0 Å². The van der Waals surface area contributed by atoms with Crippen LogP contribution >= 0.6 is 15.9 Å². The Balaban J connectivity index is 3.47. The van der Waals surface area contributed by atoms with Gasteiger partial charge in [0, 0.05) is 6.07 Å². The third-order valence-electron chi connectivity index (χ3n) is 1.86. The van der Waals surface area contributed by atoms with Crippen LogP contribution in [0.5, 0.6) is 0 Å². The maximum atomic E-state index is 13.2. The number of rotatable bonds is 4. The molecule has 0 bridgehead atoms. The number of Topliss-reactive ketones (excluding diaryl/α,β-unsaturated/α-hetero) is 1. The van der Waals surface area contributed by atoms with E-state index in [2.05, 4.69) is 15.9 Å². The summed E-state index contributed by atoms with van der Waals surface area (Å²) in [5, 5.41) is 10.5. The number of alkyl halides is 1. The van der Waals surface area contributed by atoms with E-state index in [1.165, 1.54) is 0 Å². The van der Waals surface area contributed by atoms with E-state index in [-0.39, 0.29) is 17.2 Å². The van der Waals surface area contributed by atoms with Crippen LogP contribution in [0.3, 0.4) is 0 Å². The van der Waals surface area contributed by atoms with Gasteiger partial charge < -0.3 is 0 Å². The molecule has 0 aliphatic rings. The fourth-order valence-corrected chi connectivity index (χ4v) is 1.42. The lowest BCUT2D eigenvalue weighted by atomic mass is 10.1. The number of ketones is 1. The van der Waals surface area contributed by atoms with Crippen molar-refractivity contribution in [3.8, 4) is 0 Å². The number of hydrogen-bond donors (Lipinski definition) is 0. The highest BCUT2D eigenvalue weighted by atomic mass is 79.9. The Hall–Kier alpha value is -1.63. The van der Waals surface area contributed by atoms with Crippen molar-refractivity contribution in [2.24, 2.45) is 0 Å². The molecule has 0 aliphatic heterocycles. The largest absolute Gasteiger partial charge is 0.298 e. The average molecular weight is 290 g/mol. The molecule has 0 spiro atoms. The second kappa shape index (κ2) is 4.93. The van der Waals surface area contributed by atoms with Gasteiger partial charge in [0.1, 0.15) is 5.82 Å². The molecule has 0 aromatic heterocycles. The van der Waals surface area contributed by atoms with Crippen LogP contribution < -0.4 is 0 Å². The number of nitrogens with zero attached hydrogens (tertiary/aromatic N) is 1. The smallest absolute Gasteiger partial charge is 0.281 e. The van der Waals surface area contributed by atoms with E-state index < -0.39 is 27.8 Å². The molecule has 16 heavy (non-hydrogen) atoms. The first-order valence-corrected chi connectivity index (χ1v) is 5.15. The lowest BCUT2D eigenvalue weighted by Crippen LogP contribution is -2.07. The molecule has 0 fully saturated rings. The molecule has 1 aromatic carbocycles. The van der Waals surface area contributed by atoms with E-state index in [0.717, 1.165) is 6.07 Å². The number of carbonyl (C=O) groups excluding carboxylic acids is 2. The van der Waals surface area contributed by atoms with Crippen molar-refractivity contribution >= 4 is 33.7 Å². The number of benzene rings is 1. The summed E-state index contributed by atoms with van der Waals surface area (Å²) in [6, 6.07) is 1.45. The molecule has 0 aliphatic carbocycles. The highest BCUT2D eigenvalue weighted by Crippen LogP contribution is 2.23. The average Bonchev–Trinajstić information content (AvgIpc) is 2.27. The molecule has 0 N–H and O–H groups in total. The number of carbonyl (C=O) groups is 2. The van der Waals surface area contributed by atoms with E-state index in [9.17, 15) is 24.1 Å². The van der Waals surface area contributed by atoms with Crippen molar-refractivity contribution in [1.29, 1.82) is 0 Å². The Morgan fingerprint density at radius 1 is 1.56 bits per heavy atom. The lowest BCUT2D eigenvalue weighted by molar-refractivity contribution is -0.385. The van der Waals surface area contributed by atoms with Crippen LogP contribution in [0, 0.1) is 15.9 Å². The Labute approximate surface area is 97.5 Å². The number of nitro benzene ring substituents is 1. The Bertz CT molecular complexity index is 475. The minimum atomic E-state index is -0.954. The Morgan fingerprint density at radius 3 is 2.62 bits per heavy atom. The number of halogens is 2. The molecule has 0 saturated heterocycles. The summed E-state index contributed by atoms with van der Waals surface area (Å²) in [5.74, 6) is -1.58. The van der Waals surface area contributed by atoms with E-state index in [0.29, 0.717) is 6.07 Å². The van der Waals surface area contributed by atoms with Crippen molar-refractivity contribution in [3.05, 3.63) is 39.2 Å². The van der Waals surface area contributed by atoms with Gasteiger partial charge in [-0.3, -0.25) is 19.7 Å². The molecule has 0 amide bonds. The lowest BCUT2D eigenvalue weighted by Gasteiger charge is -2.01. The van der Waals surface area contributed by atoms with Crippen molar-refractivity contribution in [2.45, 2.75) is 0 Å². The first kappa shape index (κ1) is 12.4. The van der Waals surface area contributed by atoms with E-state index in [4.69, 9.17) is 0 Å². The fourth-order valence-electron chi connectivity index (χ4n) is 1.11. The maximum Gasteiger partial charge on any atom is 0.281 e. The molecule has 1 aromatic rings. The summed E-state index contributed by atoms with van der Waals surface area (Å²) >= 11 is 2.83. The fraction of sp³-hybridized carbons (Fsp3) is 0.111. The molecule has 0 saturated carbocycles. The molecular formula is C9H5BrFNO4. The summed E-state index contributed by atoms with van der Waals surface area (Å²) in [5.41, 5.74) is -1.38. The van der Waals surface area contributed by atoms with Crippen LogP contribution in [0.1, 0.15) is 20.7 Å². The maximum absolute atomic E-state index is 13.2. The quantitative estimate of drug-likeness (QED) is 0.280. The van der Waals surface area contributed by atoms with Crippen molar-refractivity contribution in [1.82, 2.24) is 0 Å². The molecule has 5 nitrogen and oxygen atoms in total. The van der Waals surface area contributed by atoms with Crippen LogP contribution in [0.4, 0.5) is 10.1 Å². The van der Waals surface area contributed by atoms with E-state index >= 15 is 0 Å². The van der Waals surface area contributed by atoms with Gasteiger partial charge in [-0.2, -0.15) is 0 Å². The predicted molar refractivity (Wildman–Crippen MR) is 56.6 cm³/mol. The first-order valence-electron chi connectivity index (χ1n) is 4.03. The SMILES string of the molecule is O=Cc1cc([N+](=O)[O-])c(C(=O)CBr)cc1F. The molecule has 7 heteroatoms. The number of nitro groups is 1. The summed E-state index contributed by atoms with van der Waals surface area (Å²) in [6.07, 6.45) is 0.157. The second-order valence-corrected chi connectivity index (χ2v) is 3.38. The highest BCUT2D eigenvalue weighted by Gasteiger charge is 2.22. The first-order chi connectivity index (χ1) is 7.51. The summed E-state index contributed by atoms with van der Waals surface area (Å²) in [4.78, 5) is 31.5. The van der Waals surface area contributed by atoms with Gasteiger partial charge in [0.05, 0.1) is 21.4 Å². The van der Waals surface area contributed by atoms with Gasteiger partial charge in [-0.1, -0.05) is 15.9 Å². The number of hydrogen-bond acceptors (Lipinski definition) is 4. The zero-order valence-electron chi connectivity index (χ0n) is 7.78. The summed E-state index contributed by atoms with van der Waals surface area (Å²) < 4.78 is 13.2. The van der Waals surface area contributed by atoms with Crippen LogP contribution in [0.15, 0.2) is 12.1 Å². The van der Waals surface area contributed by atoms with Gasteiger partial charge in [-0.15, -0.1) is 0 Å².